The predicted molar refractivity (Wildman–Crippen MR) is 116 cm³/mol. The van der Waals surface area contributed by atoms with Gasteiger partial charge in [0.1, 0.15) is 11.7 Å². The first-order chi connectivity index (χ1) is 13.5. The van der Waals surface area contributed by atoms with Crippen molar-refractivity contribution in [1.29, 1.82) is 0 Å². The summed E-state index contributed by atoms with van der Waals surface area (Å²) in [5, 5.41) is 0. The number of aryl methyl sites for hydroxylation is 3. The maximum Gasteiger partial charge on any atom is 0.274 e. The first kappa shape index (κ1) is 22.6. The van der Waals surface area contributed by atoms with Crippen LogP contribution in [0.1, 0.15) is 53.9 Å². The molecule has 0 N–H and O–H groups in total. The molecule has 158 valence electrons. The van der Waals surface area contributed by atoms with Crippen LogP contribution < -0.4 is 0 Å². The highest BCUT2D eigenvalue weighted by molar-refractivity contribution is 6.76. The Morgan fingerprint density at radius 1 is 1.07 bits per heavy atom. The number of hydrogen-bond donors (Lipinski definition) is 0. The molecule has 1 aromatic carbocycles. The Labute approximate surface area is 186 Å². The lowest BCUT2D eigenvalue weighted by Gasteiger charge is -2.34. The predicted octanol–water partition coefficient (Wildman–Crippen LogP) is 4.85. The van der Waals surface area contributed by atoms with Gasteiger partial charge in [-0.1, -0.05) is 52.5 Å². The third-order valence-electron chi connectivity index (χ3n) is 6.25. The Bertz CT molecular complexity index is 815. The average Bonchev–Trinajstić information content (AvgIpc) is 2.88. The van der Waals surface area contributed by atoms with E-state index < -0.39 is 15.6 Å². The molecule has 1 aromatic rings. The molecule has 1 amide bonds. The van der Waals surface area contributed by atoms with Gasteiger partial charge in [-0.3, -0.25) is 14.4 Å². The second kappa shape index (κ2) is 8.56. The number of Topliss-reactive ketones (excluding diaryl/α,β-unsaturated/α-hetero) is 2. The van der Waals surface area contributed by atoms with Crippen LogP contribution in [0.15, 0.2) is 12.1 Å². The van der Waals surface area contributed by atoms with Crippen molar-refractivity contribution in [2.24, 2.45) is 11.8 Å². The van der Waals surface area contributed by atoms with Crippen molar-refractivity contribution in [3.05, 3.63) is 34.4 Å². The number of likely N-dealkylation sites (tertiary alicyclic amines) is 1. The number of carbonyl (C=O) groups excluding carboxylic acids is 3. The second-order valence-corrected chi connectivity index (χ2v) is 10.8. The first-order valence-electron chi connectivity index (χ1n) is 9.99. The fraction of sp³-hybridized carbons (Fsp3) is 0.591. The van der Waals surface area contributed by atoms with Gasteiger partial charge in [0, 0.05) is 25.4 Å². The van der Waals surface area contributed by atoms with Gasteiger partial charge in [0.05, 0.1) is 0 Å². The van der Waals surface area contributed by atoms with E-state index in [1.807, 2.05) is 32.9 Å². The summed E-state index contributed by atoms with van der Waals surface area (Å²) in [5.74, 6) is -1.02. The molecule has 0 bridgehead atoms. The molecule has 2 fully saturated rings. The van der Waals surface area contributed by atoms with Crippen LogP contribution in [0.25, 0.3) is 0 Å². The first-order valence-corrected chi connectivity index (χ1v) is 11.1. The lowest BCUT2D eigenvalue weighted by molar-refractivity contribution is -0.132. The molecule has 1 aliphatic heterocycles. The van der Waals surface area contributed by atoms with Crippen molar-refractivity contribution < 1.29 is 14.4 Å². The maximum absolute atomic E-state index is 13.1. The van der Waals surface area contributed by atoms with E-state index in [1.165, 1.54) is 0 Å². The molecule has 0 radical (unpaired) electrons. The van der Waals surface area contributed by atoms with Gasteiger partial charge in [-0.2, -0.15) is 0 Å². The number of alkyl halides is 3. The largest absolute Gasteiger partial charge is 0.339 e. The number of amides is 1. The van der Waals surface area contributed by atoms with Gasteiger partial charge in [0.15, 0.2) is 5.78 Å². The minimum absolute atomic E-state index is 0.0267. The summed E-state index contributed by atoms with van der Waals surface area (Å²) in [6, 6.07) is 4.07. The summed E-state index contributed by atoms with van der Waals surface area (Å²) in [6.45, 7) is 6.98. The quantitative estimate of drug-likeness (QED) is 0.480. The zero-order valence-corrected chi connectivity index (χ0v) is 19.2. The second-order valence-electron chi connectivity index (χ2n) is 8.48. The molecule has 7 heteroatoms. The summed E-state index contributed by atoms with van der Waals surface area (Å²) >= 11 is 17.1. The third-order valence-corrected chi connectivity index (χ3v) is 6.73. The highest BCUT2D eigenvalue weighted by atomic mass is 35.6. The number of benzene rings is 1. The van der Waals surface area contributed by atoms with Gasteiger partial charge in [0.2, 0.25) is 0 Å². The van der Waals surface area contributed by atoms with Crippen molar-refractivity contribution in [2.45, 2.75) is 56.2 Å². The SMILES string of the molecule is Cc1cc(C)c(C2C(=O)CC(CC3CCN(C(=O)C(Cl)(Cl)Cl)CC3)C2=O)c(C)c1. The van der Waals surface area contributed by atoms with Crippen LogP contribution in [0.5, 0.6) is 0 Å². The number of rotatable bonds is 3. The molecular formula is C22H26Cl3NO3. The Morgan fingerprint density at radius 2 is 1.62 bits per heavy atom. The van der Waals surface area contributed by atoms with E-state index in [4.69, 9.17) is 34.8 Å². The standard InChI is InChI=1S/C22H26Cl3NO3/c1-12-8-13(2)18(14(3)9-12)19-17(27)11-16(20(19)28)10-15-4-6-26(7-5-15)21(29)22(23,24)25/h8-9,15-16,19H,4-7,10-11H2,1-3H3. The van der Waals surface area contributed by atoms with Crippen molar-refractivity contribution in [1.82, 2.24) is 4.90 Å². The van der Waals surface area contributed by atoms with E-state index in [2.05, 4.69) is 0 Å². The van der Waals surface area contributed by atoms with Crippen molar-refractivity contribution in [2.75, 3.05) is 13.1 Å². The molecule has 2 atom stereocenters. The number of piperidine rings is 1. The Morgan fingerprint density at radius 3 is 2.14 bits per heavy atom. The normalized spacial score (nSPS) is 23.7. The van der Waals surface area contributed by atoms with E-state index in [9.17, 15) is 14.4 Å². The van der Waals surface area contributed by atoms with Gasteiger partial charge in [0.25, 0.3) is 9.70 Å². The van der Waals surface area contributed by atoms with Gasteiger partial charge in [-0.15, -0.1) is 0 Å². The van der Waals surface area contributed by atoms with Crippen LogP contribution in [-0.4, -0.2) is 39.3 Å². The molecule has 4 nitrogen and oxygen atoms in total. The van der Waals surface area contributed by atoms with E-state index in [1.54, 1.807) is 4.90 Å². The van der Waals surface area contributed by atoms with Gasteiger partial charge in [-0.25, -0.2) is 0 Å². The van der Waals surface area contributed by atoms with Crippen LogP contribution in [0.2, 0.25) is 0 Å². The summed E-state index contributed by atoms with van der Waals surface area (Å²) in [5.41, 5.74) is 4.03. The lowest BCUT2D eigenvalue weighted by Crippen LogP contribution is -2.44. The number of nitrogens with zero attached hydrogens (tertiary/aromatic N) is 1. The number of ketones is 2. The summed E-state index contributed by atoms with van der Waals surface area (Å²) in [6.07, 6.45) is 2.49. The minimum Gasteiger partial charge on any atom is -0.339 e. The zero-order chi connectivity index (χ0) is 21.5. The van der Waals surface area contributed by atoms with E-state index >= 15 is 0 Å². The maximum atomic E-state index is 13.1. The van der Waals surface area contributed by atoms with E-state index in [-0.39, 0.29) is 23.4 Å². The smallest absolute Gasteiger partial charge is 0.274 e. The van der Waals surface area contributed by atoms with Crippen molar-refractivity contribution in [3.63, 3.8) is 0 Å². The van der Waals surface area contributed by atoms with Gasteiger partial charge < -0.3 is 4.90 Å². The summed E-state index contributed by atoms with van der Waals surface area (Å²) in [7, 11) is 0. The van der Waals surface area contributed by atoms with Gasteiger partial charge >= 0.3 is 0 Å². The fourth-order valence-corrected chi connectivity index (χ4v) is 5.32. The molecule has 0 spiro atoms. The zero-order valence-electron chi connectivity index (χ0n) is 16.9. The topological polar surface area (TPSA) is 54.5 Å². The van der Waals surface area contributed by atoms with Crippen molar-refractivity contribution in [3.8, 4) is 0 Å². The Hall–Kier alpha value is -1.10. The molecule has 2 unspecified atom stereocenters. The average molecular weight is 459 g/mol. The van der Waals surface area contributed by atoms with Crippen LogP contribution >= 0.6 is 34.8 Å². The number of hydrogen-bond acceptors (Lipinski definition) is 3. The van der Waals surface area contributed by atoms with Crippen LogP contribution in [0.4, 0.5) is 0 Å². The van der Waals surface area contributed by atoms with Crippen molar-refractivity contribution >= 4 is 52.3 Å². The molecule has 3 rings (SSSR count). The van der Waals surface area contributed by atoms with Crippen LogP contribution in [0, 0.1) is 32.6 Å². The molecule has 29 heavy (non-hydrogen) atoms. The number of halogens is 3. The minimum atomic E-state index is -1.93. The highest BCUT2D eigenvalue weighted by Gasteiger charge is 2.44. The highest BCUT2D eigenvalue weighted by Crippen LogP contribution is 2.40. The molecule has 1 saturated carbocycles. The molecule has 1 heterocycles. The lowest BCUT2D eigenvalue weighted by atomic mass is 9.83. The van der Waals surface area contributed by atoms with E-state index in [0.717, 1.165) is 35.1 Å². The van der Waals surface area contributed by atoms with E-state index in [0.29, 0.717) is 25.9 Å². The van der Waals surface area contributed by atoms with Crippen LogP contribution in [0.3, 0.4) is 0 Å². The monoisotopic (exact) mass is 457 g/mol. The summed E-state index contributed by atoms with van der Waals surface area (Å²) < 4.78 is -1.93. The summed E-state index contributed by atoms with van der Waals surface area (Å²) in [4.78, 5) is 39.6. The molecule has 1 saturated heterocycles. The molecular weight excluding hydrogens is 433 g/mol. The fourth-order valence-electron chi connectivity index (χ4n) is 4.96. The van der Waals surface area contributed by atoms with Crippen LogP contribution in [-0.2, 0) is 14.4 Å². The Balaban J connectivity index is 1.65. The molecule has 1 aliphatic carbocycles. The molecule has 0 aromatic heterocycles. The molecule has 2 aliphatic rings. The Kier molecular flexibility index (Phi) is 6.67. The van der Waals surface area contributed by atoms with Gasteiger partial charge in [-0.05, 0) is 62.6 Å². The number of carbonyl (C=O) groups is 3. The third kappa shape index (κ3) is 4.81.